The van der Waals surface area contributed by atoms with Crippen molar-refractivity contribution >= 4 is 0 Å². The van der Waals surface area contributed by atoms with E-state index in [0.717, 1.165) is 24.3 Å². The van der Waals surface area contributed by atoms with Crippen molar-refractivity contribution in [3.05, 3.63) is 23.8 Å². The van der Waals surface area contributed by atoms with E-state index in [2.05, 4.69) is 17.5 Å². The van der Waals surface area contributed by atoms with Gasteiger partial charge in [0.05, 0.1) is 6.07 Å². The zero-order valence-corrected chi connectivity index (χ0v) is 12.5. The lowest BCUT2D eigenvalue weighted by atomic mass is 9.93. The second-order valence-corrected chi connectivity index (χ2v) is 6.26. The molecule has 112 valence electrons. The normalized spacial score (nSPS) is 20.2. The Balaban J connectivity index is 1.60. The molecule has 21 heavy (non-hydrogen) atoms. The van der Waals surface area contributed by atoms with Gasteiger partial charge in [0.1, 0.15) is 5.54 Å². The molecule has 0 amide bonds. The Hall–Kier alpha value is -1.73. The summed E-state index contributed by atoms with van der Waals surface area (Å²) in [5.41, 5.74) is 0.736. The monoisotopic (exact) mass is 286 g/mol. The molecule has 0 saturated heterocycles. The van der Waals surface area contributed by atoms with Crippen LogP contribution in [0.2, 0.25) is 0 Å². The topological polar surface area (TPSA) is 54.3 Å². The van der Waals surface area contributed by atoms with Crippen LogP contribution in [0.1, 0.15) is 44.6 Å². The van der Waals surface area contributed by atoms with Crippen LogP contribution >= 0.6 is 0 Å². The molecule has 1 saturated carbocycles. The molecule has 1 fully saturated rings. The summed E-state index contributed by atoms with van der Waals surface area (Å²) >= 11 is 0. The Labute approximate surface area is 126 Å². The third-order valence-electron chi connectivity index (χ3n) is 4.48. The van der Waals surface area contributed by atoms with Gasteiger partial charge in [-0.1, -0.05) is 18.9 Å². The van der Waals surface area contributed by atoms with E-state index in [-0.39, 0.29) is 0 Å². The second-order valence-electron chi connectivity index (χ2n) is 6.26. The fourth-order valence-corrected chi connectivity index (χ4v) is 3.17. The van der Waals surface area contributed by atoms with E-state index in [1.807, 2.05) is 19.1 Å². The molecule has 1 heterocycles. The van der Waals surface area contributed by atoms with Crippen LogP contribution in [0.4, 0.5) is 0 Å². The molecule has 0 spiro atoms. The summed E-state index contributed by atoms with van der Waals surface area (Å²) in [6.45, 7) is 2.32. The Kier molecular flexibility index (Phi) is 4.03. The van der Waals surface area contributed by atoms with Crippen LogP contribution in [0.25, 0.3) is 0 Å². The maximum Gasteiger partial charge on any atom is 0.231 e. The van der Waals surface area contributed by atoms with E-state index in [0.29, 0.717) is 12.8 Å². The molecule has 4 heteroatoms. The predicted octanol–water partition coefficient (Wildman–Crippen LogP) is 3.16. The number of nitriles is 1. The number of nitrogens with one attached hydrogen (secondary N) is 1. The Bertz CT molecular complexity index is 546. The van der Waals surface area contributed by atoms with E-state index in [4.69, 9.17) is 9.47 Å². The molecule has 3 rings (SSSR count). The fourth-order valence-electron chi connectivity index (χ4n) is 3.17. The SMILES string of the molecule is CC(C#N)(CCc1ccc2c(c1)OCO2)NC1CCCC1. The van der Waals surface area contributed by atoms with Crippen LogP contribution < -0.4 is 14.8 Å². The number of rotatable bonds is 5. The van der Waals surface area contributed by atoms with Gasteiger partial charge in [-0.05, 0) is 50.3 Å². The Morgan fingerprint density at radius 3 is 2.81 bits per heavy atom. The minimum absolute atomic E-state index is 0.304. The first-order valence-electron chi connectivity index (χ1n) is 7.76. The Morgan fingerprint density at radius 2 is 2.05 bits per heavy atom. The molecule has 4 nitrogen and oxygen atoms in total. The molecule has 1 unspecified atom stereocenters. The number of hydrogen-bond acceptors (Lipinski definition) is 4. The van der Waals surface area contributed by atoms with E-state index < -0.39 is 5.54 Å². The molecule has 0 radical (unpaired) electrons. The summed E-state index contributed by atoms with van der Waals surface area (Å²) in [5, 5.41) is 13.1. The number of ether oxygens (including phenoxy) is 2. The summed E-state index contributed by atoms with van der Waals surface area (Å²) in [7, 11) is 0. The predicted molar refractivity (Wildman–Crippen MR) is 80.3 cm³/mol. The van der Waals surface area contributed by atoms with Gasteiger partial charge in [-0.3, -0.25) is 5.32 Å². The van der Waals surface area contributed by atoms with Gasteiger partial charge in [-0.15, -0.1) is 0 Å². The zero-order chi connectivity index (χ0) is 14.7. The number of nitrogens with zero attached hydrogens (tertiary/aromatic N) is 1. The molecule has 1 aliphatic heterocycles. The Morgan fingerprint density at radius 1 is 1.29 bits per heavy atom. The van der Waals surface area contributed by atoms with Crippen LogP contribution in [0, 0.1) is 11.3 Å². The van der Waals surface area contributed by atoms with Crippen LogP contribution in [-0.4, -0.2) is 18.4 Å². The summed E-state index contributed by atoms with van der Waals surface area (Å²) in [4.78, 5) is 0. The standard InChI is InChI=1S/C17H22N2O2/c1-17(11-18,19-14-4-2-3-5-14)9-8-13-6-7-15-16(10-13)21-12-20-15/h6-7,10,14,19H,2-5,8-9,12H2,1H3. The lowest BCUT2D eigenvalue weighted by Gasteiger charge is -2.27. The summed E-state index contributed by atoms with van der Waals surface area (Å²) in [5.74, 6) is 1.63. The number of aryl methyl sites for hydroxylation is 1. The molecule has 1 aromatic carbocycles. The van der Waals surface area contributed by atoms with E-state index in [9.17, 15) is 5.26 Å². The molecule has 1 aromatic rings. The van der Waals surface area contributed by atoms with Gasteiger partial charge in [0, 0.05) is 6.04 Å². The molecule has 1 N–H and O–H groups in total. The average molecular weight is 286 g/mol. The van der Waals surface area contributed by atoms with Crippen molar-refractivity contribution in [1.29, 1.82) is 5.26 Å². The first-order valence-corrected chi connectivity index (χ1v) is 7.76. The van der Waals surface area contributed by atoms with Gasteiger partial charge in [0.2, 0.25) is 6.79 Å². The minimum atomic E-state index is -0.453. The van der Waals surface area contributed by atoms with Gasteiger partial charge >= 0.3 is 0 Å². The van der Waals surface area contributed by atoms with Crippen molar-refractivity contribution in [2.45, 2.75) is 57.0 Å². The van der Waals surface area contributed by atoms with Crippen LogP contribution in [0.3, 0.4) is 0 Å². The molecule has 2 aliphatic rings. The maximum atomic E-state index is 9.52. The summed E-state index contributed by atoms with van der Waals surface area (Å²) < 4.78 is 10.7. The highest BCUT2D eigenvalue weighted by molar-refractivity contribution is 5.44. The van der Waals surface area contributed by atoms with Gasteiger partial charge in [-0.2, -0.15) is 5.26 Å². The second kappa shape index (κ2) is 5.95. The van der Waals surface area contributed by atoms with Gasteiger partial charge in [-0.25, -0.2) is 0 Å². The molecule has 1 atom stereocenters. The van der Waals surface area contributed by atoms with Gasteiger partial charge in [0.15, 0.2) is 11.5 Å². The minimum Gasteiger partial charge on any atom is -0.454 e. The van der Waals surface area contributed by atoms with E-state index in [1.54, 1.807) is 0 Å². The highest BCUT2D eigenvalue weighted by atomic mass is 16.7. The highest BCUT2D eigenvalue weighted by Crippen LogP contribution is 2.33. The quantitative estimate of drug-likeness (QED) is 0.903. The lowest BCUT2D eigenvalue weighted by Crippen LogP contribution is -2.46. The number of hydrogen-bond donors (Lipinski definition) is 1. The zero-order valence-electron chi connectivity index (χ0n) is 12.5. The van der Waals surface area contributed by atoms with Crippen LogP contribution in [0.15, 0.2) is 18.2 Å². The number of benzene rings is 1. The first-order chi connectivity index (χ1) is 10.2. The van der Waals surface area contributed by atoms with Crippen molar-refractivity contribution in [1.82, 2.24) is 5.32 Å². The third-order valence-corrected chi connectivity index (χ3v) is 4.48. The molecule has 0 aromatic heterocycles. The summed E-state index contributed by atoms with van der Waals surface area (Å²) in [6.07, 6.45) is 6.62. The smallest absolute Gasteiger partial charge is 0.231 e. The third kappa shape index (κ3) is 3.30. The maximum absolute atomic E-state index is 9.52. The van der Waals surface area contributed by atoms with Crippen LogP contribution in [0.5, 0.6) is 11.5 Å². The van der Waals surface area contributed by atoms with Crippen molar-refractivity contribution in [2.75, 3.05) is 6.79 Å². The molecular formula is C17H22N2O2. The molecule has 0 bridgehead atoms. The molecular weight excluding hydrogens is 264 g/mol. The van der Waals surface area contributed by atoms with Crippen molar-refractivity contribution in [3.8, 4) is 17.6 Å². The highest BCUT2D eigenvalue weighted by Gasteiger charge is 2.28. The van der Waals surface area contributed by atoms with E-state index >= 15 is 0 Å². The molecule has 1 aliphatic carbocycles. The van der Waals surface area contributed by atoms with Crippen molar-refractivity contribution in [3.63, 3.8) is 0 Å². The average Bonchev–Trinajstić information content (AvgIpc) is 3.15. The van der Waals surface area contributed by atoms with Gasteiger partial charge in [0.25, 0.3) is 0 Å². The largest absolute Gasteiger partial charge is 0.454 e. The van der Waals surface area contributed by atoms with Crippen LogP contribution in [-0.2, 0) is 6.42 Å². The summed E-state index contributed by atoms with van der Waals surface area (Å²) in [6, 6.07) is 9.00. The number of fused-ring (bicyclic) bond motifs is 1. The van der Waals surface area contributed by atoms with Crippen molar-refractivity contribution < 1.29 is 9.47 Å². The first kappa shape index (κ1) is 14.2. The lowest BCUT2D eigenvalue weighted by molar-refractivity contribution is 0.174. The van der Waals surface area contributed by atoms with Gasteiger partial charge < -0.3 is 9.47 Å². The van der Waals surface area contributed by atoms with E-state index in [1.165, 1.54) is 31.2 Å². The van der Waals surface area contributed by atoms with Crippen molar-refractivity contribution in [2.24, 2.45) is 0 Å². The fraction of sp³-hybridized carbons (Fsp3) is 0.588.